The monoisotopic (exact) mass is 367 g/mol. The average molecular weight is 367 g/mol. The molecule has 2 aliphatic rings. The molecule has 0 spiro atoms. The summed E-state index contributed by atoms with van der Waals surface area (Å²) in [5, 5.41) is 5.64. The molecule has 3 heterocycles. The van der Waals surface area contributed by atoms with Crippen LogP contribution in [0.4, 0.5) is 5.69 Å². The number of amides is 3. The number of likely N-dealkylation sites (tertiary alicyclic amines) is 1. The average Bonchev–Trinajstić information content (AvgIpc) is 3.36. The van der Waals surface area contributed by atoms with Gasteiger partial charge in [-0.25, -0.2) is 0 Å². The lowest BCUT2D eigenvalue weighted by atomic mass is 9.89. The lowest BCUT2D eigenvalue weighted by molar-refractivity contribution is -0.140. The van der Waals surface area contributed by atoms with Gasteiger partial charge < -0.3 is 20.0 Å². The maximum Gasteiger partial charge on any atom is 0.243 e. The predicted molar refractivity (Wildman–Crippen MR) is 97.7 cm³/mol. The van der Waals surface area contributed by atoms with Gasteiger partial charge in [0.1, 0.15) is 11.8 Å². The molecule has 4 rings (SSSR count). The van der Waals surface area contributed by atoms with Crippen molar-refractivity contribution in [2.45, 2.75) is 37.8 Å². The van der Waals surface area contributed by atoms with Gasteiger partial charge in [-0.3, -0.25) is 14.4 Å². The Morgan fingerprint density at radius 3 is 2.89 bits per heavy atom. The fourth-order valence-corrected chi connectivity index (χ4v) is 3.84. The second kappa shape index (κ2) is 7.26. The molecule has 3 amide bonds. The molecule has 0 bridgehead atoms. The molecule has 7 heteroatoms. The highest BCUT2D eigenvalue weighted by molar-refractivity contribution is 6.02. The van der Waals surface area contributed by atoms with E-state index in [-0.39, 0.29) is 24.1 Å². The smallest absolute Gasteiger partial charge is 0.243 e. The Morgan fingerprint density at radius 2 is 2.07 bits per heavy atom. The van der Waals surface area contributed by atoms with Gasteiger partial charge in [-0.1, -0.05) is 18.2 Å². The first-order valence-electron chi connectivity index (χ1n) is 9.13. The second-order valence-corrected chi connectivity index (χ2v) is 6.88. The highest BCUT2D eigenvalue weighted by atomic mass is 16.3. The van der Waals surface area contributed by atoms with Gasteiger partial charge in [0.25, 0.3) is 0 Å². The van der Waals surface area contributed by atoms with Crippen molar-refractivity contribution in [3.8, 4) is 0 Å². The van der Waals surface area contributed by atoms with E-state index in [9.17, 15) is 14.4 Å². The number of carbonyl (C=O) groups is 3. The molecule has 7 nitrogen and oxygen atoms in total. The molecule has 0 unspecified atom stereocenters. The van der Waals surface area contributed by atoms with Crippen molar-refractivity contribution in [2.24, 2.45) is 0 Å². The van der Waals surface area contributed by atoms with Crippen molar-refractivity contribution in [1.82, 2.24) is 10.2 Å². The minimum Gasteiger partial charge on any atom is -0.467 e. The summed E-state index contributed by atoms with van der Waals surface area (Å²) in [7, 11) is 0. The number of rotatable bonds is 4. The number of hydrogen-bond acceptors (Lipinski definition) is 4. The van der Waals surface area contributed by atoms with Crippen LogP contribution in [0.15, 0.2) is 47.1 Å². The molecule has 1 aromatic carbocycles. The number of para-hydroxylation sites is 1. The van der Waals surface area contributed by atoms with E-state index in [4.69, 9.17) is 4.42 Å². The fraction of sp³-hybridized carbons (Fsp3) is 0.350. The number of fused-ring (bicyclic) bond motifs is 1. The number of nitrogens with one attached hydrogen (secondary N) is 2. The van der Waals surface area contributed by atoms with E-state index >= 15 is 0 Å². The summed E-state index contributed by atoms with van der Waals surface area (Å²) < 4.78 is 5.23. The summed E-state index contributed by atoms with van der Waals surface area (Å²) in [5.74, 6) is -0.408. The zero-order chi connectivity index (χ0) is 18.8. The van der Waals surface area contributed by atoms with Crippen molar-refractivity contribution in [2.75, 3.05) is 11.9 Å². The van der Waals surface area contributed by atoms with Crippen LogP contribution in [0, 0.1) is 0 Å². The van der Waals surface area contributed by atoms with Gasteiger partial charge in [0, 0.05) is 18.7 Å². The Balaban J connectivity index is 1.49. The van der Waals surface area contributed by atoms with Gasteiger partial charge in [-0.05, 0) is 36.6 Å². The van der Waals surface area contributed by atoms with Crippen LogP contribution in [-0.4, -0.2) is 35.2 Å². The molecule has 0 saturated carbocycles. The van der Waals surface area contributed by atoms with E-state index in [1.807, 2.05) is 18.2 Å². The Morgan fingerprint density at radius 1 is 1.22 bits per heavy atom. The molecule has 2 aromatic rings. The Hall–Kier alpha value is -3.09. The van der Waals surface area contributed by atoms with Crippen LogP contribution in [0.3, 0.4) is 0 Å². The minimum absolute atomic E-state index is 0.104. The molecule has 1 aromatic heterocycles. The molecule has 2 aliphatic heterocycles. The predicted octanol–water partition coefficient (Wildman–Crippen LogP) is 2.01. The van der Waals surface area contributed by atoms with Crippen LogP contribution >= 0.6 is 0 Å². The van der Waals surface area contributed by atoms with Crippen molar-refractivity contribution < 1.29 is 18.8 Å². The molecular formula is C20H21N3O4. The van der Waals surface area contributed by atoms with E-state index in [0.29, 0.717) is 31.0 Å². The summed E-state index contributed by atoms with van der Waals surface area (Å²) >= 11 is 0. The summed E-state index contributed by atoms with van der Waals surface area (Å²) in [6, 6.07) is 10.4. The lowest BCUT2D eigenvalue weighted by Gasteiger charge is -2.31. The van der Waals surface area contributed by atoms with Gasteiger partial charge in [-0.2, -0.15) is 0 Å². The summed E-state index contributed by atoms with van der Waals surface area (Å²) in [4.78, 5) is 39.5. The quantitative estimate of drug-likeness (QED) is 0.865. The number of carbonyl (C=O) groups excluding carboxylic acids is 3. The topological polar surface area (TPSA) is 91.7 Å². The third-order valence-electron chi connectivity index (χ3n) is 5.15. The second-order valence-electron chi connectivity index (χ2n) is 6.88. The van der Waals surface area contributed by atoms with Crippen LogP contribution in [0.25, 0.3) is 0 Å². The zero-order valence-corrected chi connectivity index (χ0v) is 14.8. The van der Waals surface area contributed by atoms with Crippen LogP contribution in [0.5, 0.6) is 0 Å². The summed E-state index contributed by atoms with van der Waals surface area (Å²) in [5.41, 5.74) is 1.48. The van der Waals surface area contributed by atoms with Crippen LogP contribution < -0.4 is 10.6 Å². The van der Waals surface area contributed by atoms with Crippen LogP contribution in [-0.2, 0) is 20.9 Å². The highest BCUT2D eigenvalue weighted by Gasteiger charge is 2.40. The van der Waals surface area contributed by atoms with Gasteiger partial charge in [0.15, 0.2) is 0 Å². The SMILES string of the molecule is O=C1C[C@H](C(=O)N2CCC[C@H]2C(=O)NCc2ccco2)c2ccccc2N1. The van der Waals surface area contributed by atoms with Crippen molar-refractivity contribution in [3.63, 3.8) is 0 Å². The van der Waals surface area contributed by atoms with Crippen molar-refractivity contribution >= 4 is 23.4 Å². The molecule has 1 saturated heterocycles. The van der Waals surface area contributed by atoms with Gasteiger partial charge in [-0.15, -0.1) is 0 Å². The van der Waals surface area contributed by atoms with Crippen LogP contribution in [0.1, 0.15) is 36.5 Å². The number of anilines is 1. The molecule has 140 valence electrons. The molecule has 0 aliphatic carbocycles. The molecule has 0 radical (unpaired) electrons. The van der Waals surface area contributed by atoms with Crippen LogP contribution in [0.2, 0.25) is 0 Å². The lowest BCUT2D eigenvalue weighted by Crippen LogP contribution is -2.48. The maximum absolute atomic E-state index is 13.2. The zero-order valence-electron chi connectivity index (χ0n) is 14.8. The summed E-state index contributed by atoms with van der Waals surface area (Å²) in [6.07, 6.45) is 3.05. The standard InChI is InChI=1S/C20H21N3O4/c24-18-11-15(14-6-1-2-7-16(14)22-18)20(26)23-9-3-8-17(23)19(25)21-12-13-5-4-10-27-13/h1-2,4-7,10,15,17H,3,8-9,11-12H2,(H,21,25)(H,22,24)/t15-,17-/m0/s1. The first-order valence-corrected chi connectivity index (χ1v) is 9.13. The molecular weight excluding hydrogens is 346 g/mol. The Kier molecular flexibility index (Phi) is 4.66. The Bertz CT molecular complexity index is 862. The molecule has 2 atom stereocenters. The number of furan rings is 1. The molecule has 1 fully saturated rings. The molecule has 27 heavy (non-hydrogen) atoms. The first-order chi connectivity index (χ1) is 13.1. The third-order valence-corrected chi connectivity index (χ3v) is 5.15. The third kappa shape index (κ3) is 3.45. The van der Waals surface area contributed by atoms with E-state index < -0.39 is 12.0 Å². The van der Waals surface area contributed by atoms with Gasteiger partial charge >= 0.3 is 0 Å². The van der Waals surface area contributed by atoms with Gasteiger partial charge in [0.05, 0.1) is 18.7 Å². The highest BCUT2D eigenvalue weighted by Crippen LogP contribution is 2.35. The van der Waals surface area contributed by atoms with E-state index in [1.54, 1.807) is 29.4 Å². The van der Waals surface area contributed by atoms with E-state index in [0.717, 1.165) is 12.0 Å². The van der Waals surface area contributed by atoms with E-state index in [1.165, 1.54) is 0 Å². The largest absolute Gasteiger partial charge is 0.467 e. The minimum atomic E-state index is -0.548. The van der Waals surface area contributed by atoms with Crippen molar-refractivity contribution in [3.05, 3.63) is 54.0 Å². The van der Waals surface area contributed by atoms with Gasteiger partial charge in [0.2, 0.25) is 17.7 Å². The Labute approximate surface area is 156 Å². The fourth-order valence-electron chi connectivity index (χ4n) is 3.84. The maximum atomic E-state index is 13.2. The number of nitrogens with zero attached hydrogens (tertiary/aromatic N) is 1. The number of benzene rings is 1. The van der Waals surface area contributed by atoms with E-state index in [2.05, 4.69) is 10.6 Å². The normalized spacial score (nSPS) is 21.5. The number of hydrogen-bond donors (Lipinski definition) is 2. The summed E-state index contributed by atoms with van der Waals surface area (Å²) in [6.45, 7) is 0.816. The first kappa shape index (κ1) is 17.3. The molecule has 2 N–H and O–H groups in total. The van der Waals surface area contributed by atoms with Crippen molar-refractivity contribution in [1.29, 1.82) is 0 Å².